The number of phenolic OH excluding ortho intramolecular Hbond substituents is 2. The Balaban J connectivity index is 1.95. The Morgan fingerprint density at radius 1 is 1.04 bits per heavy atom. The van der Waals surface area contributed by atoms with E-state index in [2.05, 4.69) is 0 Å². The molecule has 4 rings (SSSR count). The summed E-state index contributed by atoms with van der Waals surface area (Å²) in [5.41, 5.74) is 1.01. The summed E-state index contributed by atoms with van der Waals surface area (Å²) in [4.78, 5) is 12.9. The van der Waals surface area contributed by atoms with E-state index in [1.54, 1.807) is 12.1 Å². The number of hydrogen-bond donors (Lipinski definition) is 2. The Morgan fingerprint density at radius 3 is 2.60 bits per heavy atom. The number of aromatic hydroxyl groups is 2. The number of benzene rings is 2. The monoisotopic (exact) mass is 336 g/mol. The molecular weight excluding hydrogens is 320 g/mol. The van der Waals surface area contributed by atoms with Crippen molar-refractivity contribution in [3.63, 3.8) is 0 Å². The van der Waals surface area contributed by atoms with Crippen molar-refractivity contribution in [1.82, 2.24) is 0 Å². The van der Waals surface area contributed by atoms with Gasteiger partial charge in [-0.3, -0.25) is 4.79 Å². The molecule has 1 aliphatic heterocycles. The summed E-state index contributed by atoms with van der Waals surface area (Å²) in [5.74, 6) is 0.392. The predicted molar refractivity (Wildman–Crippen MR) is 95.0 cm³/mol. The fraction of sp³-hybridized carbons (Fsp3) is 0.150. The summed E-state index contributed by atoms with van der Waals surface area (Å²) in [6.45, 7) is 3.90. The molecule has 0 saturated heterocycles. The van der Waals surface area contributed by atoms with Crippen LogP contribution in [0.1, 0.15) is 19.4 Å². The molecule has 0 amide bonds. The molecule has 0 radical (unpaired) electrons. The highest BCUT2D eigenvalue weighted by Crippen LogP contribution is 2.37. The van der Waals surface area contributed by atoms with Gasteiger partial charge in [0.15, 0.2) is 0 Å². The molecule has 2 heterocycles. The quantitative estimate of drug-likeness (QED) is 0.700. The van der Waals surface area contributed by atoms with E-state index in [1.165, 1.54) is 24.5 Å². The third-order valence-electron chi connectivity index (χ3n) is 4.24. The molecule has 0 unspecified atom stereocenters. The fourth-order valence-corrected chi connectivity index (χ4v) is 2.99. The zero-order chi connectivity index (χ0) is 17.8. The van der Waals surface area contributed by atoms with Gasteiger partial charge < -0.3 is 19.4 Å². The van der Waals surface area contributed by atoms with Crippen LogP contribution in [-0.4, -0.2) is 15.8 Å². The maximum absolute atomic E-state index is 12.9. The molecule has 126 valence electrons. The zero-order valence-electron chi connectivity index (χ0n) is 13.7. The van der Waals surface area contributed by atoms with Gasteiger partial charge >= 0.3 is 0 Å². The standard InChI is InChI=1S/C20H16O5/c1-20(2)8-7-13-17(25-20)6-5-14-18(23)15(10-24-19(13)14)12-4-3-11(21)9-16(12)22/h3-10,21-22H,1-2H3. The highest BCUT2D eigenvalue weighted by Gasteiger charge is 2.24. The Morgan fingerprint density at radius 2 is 1.84 bits per heavy atom. The van der Waals surface area contributed by atoms with E-state index < -0.39 is 5.60 Å². The zero-order valence-corrected chi connectivity index (χ0v) is 13.7. The molecule has 2 aromatic carbocycles. The normalized spacial score (nSPS) is 15.0. The Kier molecular flexibility index (Phi) is 3.15. The van der Waals surface area contributed by atoms with Crippen molar-refractivity contribution < 1.29 is 19.4 Å². The Hall–Kier alpha value is -3.21. The van der Waals surface area contributed by atoms with Crippen LogP contribution in [0.2, 0.25) is 0 Å². The molecule has 5 nitrogen and oxygen atoms in total. The van der Waals surface area contributed by atoms with Crippen LogP contribution in [0.5, 0.6) is 17.2 Å². The molecule has 1 aliphatic rings. The number of fused-ring (bicyclic) bond motifs is 3. The second-order valence-electron chi connectivity index (χ2n) is 6.57. The van der Waals surface area contributed by atoms with E-state index in [0.717, 1.165) is 5.56 Å². The van der Waals surface area contributed by atoms with Crippen molar-refractivity contribution in [2.75, 3.05) is 0 Å². The van der Waals surface area contributed by atoms with E-state index in [-0.39, 0.29) is 22.5 Å². The maximum Gasteiger partial charge on any atom is 0.200 e. The van der Waals surface area contributed by atoms with Gasteiger partial charge in [-0.15, -0.1) is 0 Å². The summed E-state index contributed by atoms with van der Waals surface area (Å²) in [7, 11) is 0. The average molecular weight is 336 g/mol. The van der Waals surface area contributed by atoms with Crippen LogP contribution in [0.3, 0.4) is 0 Å². The first-order valence-corrected chi connectivity index (χ1v) is 7.85. The molecule has 0 aliphatic carbocycles. The third kappa shape index (κ3) is 2.45. The lowest BCUT2D eigenvalue weighted by atomic mass is 9.99. The van der Waals surface area contributed by atoms with Crippen LogP contribution < -0.4 is 10.2 Å². The molecule has 0 saturated carbocycles. The molecule has 5 heteroatoms. The summed E-state index contributed by atoms with van der Waals surface area (Å²) < 4.78 is 11.6. The second-order valence-corrected chi connectivity index (χ2v) is 6.57. The number of ether oxygens (including phenoxy) is 1. The molecule has 2 N–H and O–H groups in total. The second kappa shape index (κ2) is 5.14. The largest absolute Gasteiger partial charge is 0.508 e. The molecule has 3 aromatic rings. The van der Waals surface area contributed by atoms with Crippen molar-refractivity contribution in [3.05, 3.63) is 58.5 Å². The molecule has 0 bridgehead atoms. The first-order chi connectivity index (χ1) is 11.9. The first kappa shape index (κ1) is 15.3. The van der Waals surface area contributed by atoms with Gasteiger partial charge in [0, 0.05) is 11.6 Å². The summed E-state index contributed by atoms with van der Waals surface area (Å²) in [6.07, 6.45) is 5.13. The molecule has 0 spiro atoms. The van der Waals surface area contributed by atoms with Gasteiger partial charge in [-0.2, -0.15) is 0 Å². The maximum atomic E-state index is 12.9. The van der Waals surface area contributed by atoms with E-state index in [9.17, 15) is 15.0 Å². The molecule has 25 heavy (non-hydrogen) atoms. The lowest BCUT2D eigenvalue weighted by Gasteiger charge is -2.27. The lowest BCUT2D eigenvalue weighted by molar-refractivity contribution is 0.159. The fourth-order valence-electron chi connectivity index (χ4n) is 2.99. The molecule has 0 atom stereocenters. The van der Waals surface area contributed by atoms with Crippen LogP contribution in [0.15, 0.2) is 51.9 Å². The average Bonchev–Trinajstić information content (AvgIpc) is 2.54. The Bertz CT molecular complexity index is 1090. The predicted octanol–water partition coefficient (Wildman–Crippen LogP) is 4.06. The van der Waals surface area contributed by atoms with Crippen LogP contribution >= 0.6 is 0 Å². The highest BCUT2D eigenvalue weighted by molar-refractivity contribution is 5.91. The minimum absolute atomic E-state index is 0.0783. The summed E-state index contributed by atoms with van der Waals surface area (Å²) in [5, 5.41) is 19.8. The van der Waals surface area contributed by atoms with Gasteiger partial charge in [0.05, 0.1) is 16.5 Å². The highest BCUT2D eigenvalue weighted by atomic mass is 16.5. The van der Waals surface area contributed by atoms with Gasteiger partial charge in [0.2, 0.25) is 5.43 Å². The van der Waals surface area contributed by atoms with Crippen molar-refractivity contribution in [2.45, 2.75) is 19.4 Å². The van der Waals surface area contributed by atoms with Crippen molar-refractivity contribution >= 4 is 17.0 Å². The van der Waals surface area contributed by atoms with Gasteiger partial charge in [0.25, 0.3) is 0 Å². The third-order valence-corrected chi connectivity index (χ3v) is 4.24. The van der Waals surface area contributed by atoms with Crippen LogP contribution in [0.25, 0.3) is 28.2 Å². The van der Waals surface area contributed by atoms with Gasteiger partial charge in [-0.1, -0.05) is 0 Å². The van der Waals surface area contributed by atoms with Crippen molar-refractivity contribution in [3.8, 4) is 28.4 Å². The smallest absolute Gasteiger partial charge is 0.200 e. The van der Waals surface area contributed by atoms with Crippen LogP contribution in [0, 0.1) is 0 Å². The molecule has 1 aromatic heterocycles. The number of phenols is 2. The first-order valence-electron chi connectivity index (χ1n) is 7.85. The molecule has 0 fully saturated rings. The topological polar surface area (TPSA) is 79.9 Å². The van der Waals surface area contributed by atoms with Crippen molar-refractivity contribution in [1.29, 1.82) is 0 Å². The summed E-state index contributed by atoms with van der Waals surface area (Å²) >= 11 is 0. The number of hydrogen-bond acceptors (Lipinski definition) is 5. The van der Waals surface area contributed by atoms with Gasteiger partial charge in [0.1, 0.15) is 34.7 Å². The minimum Gasteiger partial charge on any atom is -0.508 e. The van der Waals surface area contributed by atoms with Gasteiger partial charge in [-0.25, -0.2) is 0 Å². The van der Waals surface area contributed by atoms with Crippen molar-refractivity contribution in [2.24, 2.45) is 0 Å². The lowest BCUT2D eigenvalue weighted by Crippen LogP contribution is -2.27. The van der Waals surface area contributed by atoms with E-state index >= 15 is 0 Å². The van der Waals surface area contributed by atoms with E-state index in [1.807, 2.05) is 26.0 Å². The van der Waals surface area contributed by atoms with Crippen LogP contribution in [-0.2, 0) is 0 Å². The van der Waals surface area contributed by atoms with Gasteiger partial charge in [-0.05, 0) is 50.3 Å². The summed E-state index contributed by atoms with van der Waals surface area (Å²) in [6, 6.07) is 7.48. The van der Waals surface area contributed by atoms with E-state index in [0.29, 0.717) is 22.3 Å². The Labute approximate surface area is 143 Å². The number of rotatable bonds is 1. The minimum atomic E-state index is -0.418. The van der Waals surface area contributed by atoms with E-state index in [4.69, 9.17) is 9.15 Å². The SMILES string of the molecule is CC1(C)C=Cc2c(ccc3c(=O)c(-c4ccc(O)cc4O)coc23)O1. The molecular formula is C20H16O5. The van der Waals surface area contributed by atoms with Crippen LogP contribution in [0.4, 0.5) is 0 Å².